The molecular formula is C22H27F6NO6S. The number of ether oxygens (including phenoxy) is 3. The summed E-state index contributed by atoms with van der Waals surface area (Å²) in [4.78, 5) is 12.9. The summed E-state index contributed by atoms with van der Waals surface area (Å²) < 4.78 is 114. The lowest BCUT2D eigenvalue weighted by molar-refractivity contribution is -0.308. The molecule has 1 amide bonds. The fourth-order valence-electron chi connectivity index (χ4n) is 4.19. The van der Waals surface area contributed by atoms with E-state index in [2.05, 4.69) is 4.74 Å². The van der Waals surface area contributed by atoms with Crippen LogP contribution in [-0.4, -0.2) is 75.5 Å². The number of rotatable bonds is 6. The number of halogens is 6. The van der Waals surface area contributed by atoms with E-state index in [0.29, 0.717) is 31.4 Å². The van der Waals surface area contributed by atoms with Gasteiger partial charge < -0.3 is 19.1 Å². The Balaban J connectivity index is 1.40. The monoisotopic (exact) mass is 547 g/mol. The van der Waals surface area contributed by atoms with Crippen molar-refractivity contribution in [3.05, 3.63) is 24.3 Å². The van der Waals surface area contributed by atoms with Gasteiger partial charge in [0, 0.05) is 19.3 Å². The van der Waals surface area contributed by atoms with Crippen molar-refractivity contribution in [1.29, 1.82) is 0 Å². The number of carbonyl (C=O) groups excluding carboxylic acids is 1. The molecule has 0 aromatic heterocycles. The predicted molar refractivity (Wildman–Crippen MR) is 114 cm³/mol. The molecule has 204 valence electrons. The van der Waals surface area contributed by atoms with Gasteiger partial charge in [-0.15, -0.1) is 0 Å². The van der Waals surface area contributed by atoms with Crippen LogP contribution in [0.1, 0.15) is 38.5 Å². The lowest BCUT2D eigenvalue weighted by Gasteiger charge is -2.36. The van der Waals surface area contributed by atoms with Gasteiger partial charge in [0.15, 0.2) is 9.84 Å². The molecule has 0 spiro atoms. The minimum absolute atomic E-state index is 0.0687. The van der Waals surface area contributed by atoms with E-state index in [0.717, 1.165) is 11.2 Å². The average molecular weight is 548 g/mol. The third kappa shape index (κ3) is 7.89. The Morgan fingerprint density at radius 2 is 1.33 bits per heavy atom. The maximum Gasteiger partial charge on any atom is 0.434 e. The topological polar surface area (TPSA) is 82.1 Å². The van der Waals surface area contributed by atoms with Crippen LogP contribution in [0.3, 0.4) is 0 Å². The van der Waals surface area contributed by atoms with E-state index in [-0.39, 0.29) is 49.1 Å². The molecule has 0 N–H and O–H groups in total. The van der Waals surface area contributed by atoms with Gasteiger partial charge in [-0.1, -0.05) is 0 Å². The zero-order chi connectivity index (χ0) is 26.7. The van der Waals surface area contributed by atoms with E-state index in [9.17, 15) is 39.6 Å². The number of alkyl halides is 6. The molecule has 1 saturated heterocycles. The van der Waals surface area contributed by atoms with Gasteiger partial charge in [-0.25, -0.2) is 13.2 Å². The van der Waals surface area contributed by atoms with Gasteiger partial charge in [-0.2, -0.15) is 26.3 Å². The normalized spacial score (nSPS) is 22.5. The molecule has 2 aliphatic rings. The molecule has 14 heteroatoms. The number of piperidine rings is 1. The summed E-state index contributed by atoms with van der Waals surface area (Å²) >= 11 is 0. The summed E-state index contributed by atoms with van der Waals surface area (Å²) in [5, 5.41) is 0. The molecule has 1 aliphatic carbocycles. The lowest BCUT2D eigenvalue weighted by atomic mass is 9.94. The van der Waals surface area contributed by atoms with E-state index in [1.54, 1.807) is 12.1 Å². The second-order valence-electron chi connectivity index (χ2n) is 8.93. The van der Waals surface area contributed by atoms with Gasteiger partial charge >= 0.3 is 18.4 Å². The third-order valence-corrected chi connectivity index (χ3v) is 7.20. The minimum Gasteiger partial charge on any atom is -0.490 e. The first-order valence-corrected chi connectivity index (χ1v) is 13.2. The number of amides is 1. The number of hydrogen-bond donors (Lipinski definition) is 0. The zero-order valence-corrected chi connectivity index (χ0v) is 20.2. The first kappa shape index (κ1) is 28.4. The van der Waals surface area contributed by atoms with Gasteiger partial charge in [0.25, 0.3) is 6.10 Å². The first-order valence-electron chi connectivity index (χ1n) is 11.3. The van der Waals surface area contributed by atoms with Crippen LogP contribution in [-0.2, 0) is 19.3 Å². The van der Waals surface area contributed by atoms with Crippen LogP contribution in [0.5, 0.6) is 5.75 Å². The summed E-state index contributed by atoms with van der Waals surface area (Å²) in [6.45, 7) is -0.151. The van der Waals surface area contributed by atoms with Crippen molar-refractivity contribution < 1.29 is 53.8 Å². The van der Waals surface area contributed by atoms with Crippen molar-refractivity contribution in [2.24, 2.45) is 0 Å². The molecule has 7 nitrogen and oxygen atoms in total. The molecule has 3 rings (SSSR count). The van der Waals surface area contributed by atoms with Crippen molar-refractivity contribution in [1.82, 2.24) is 4.90 Å². The van der Waals surface area contributed by atoms with Crippen LogP contribution in [0, 0.1) is 0 Å². The second-order valence-corrected chi connectivity index (χ2v) is 10.9. The van der Waals surface area contributed by atoms with E-state index in [4.69, 9.17) is 9.47 Å². The standard InChI is InChI=1S/C22H27F6NO6S/c1-36(31,32)18-8-6-16(7-9-18)33-14-2-4-15(5-3-14)34-17-10-12-29(13-11-17)20(30)35-19(21(23,24)25)22(26,27)28/h6-9,14-15,17,19H,2-5,10-13H2,1H3/t14-,15-. The van der Waals surface area contributed by atoms with Crippen LogP contribution in [0.2, 0.25) is 0 Å². The molecule has 1 aromatic carbocycles. The molecule has 1 heterocycles. The van der Waals surface area contributed by atoms with E-state index in [1.165, 1.54) is 12.1 Å². The maximum absolute atomic E-state index is 12.6. The molecule has 0 bridgehead atoms. The minimum atomic E-state index is -5.75. The van der Waals surface area contributed by atoms with Gasteiger partial charge in [0.1, 0.15) is 5.75 Å². The van der Waals surface area contributed by atoms with Crippen LogP contribution >= 0.6 is 0 Å². The predicted octanol–water partition coefficient (Wildman–Crippen LogP) is 4.89. The molecule has 1 aromatic rings. The summed E-state index contributed by atoms with van der Waals surface area (Å²) in [6, 6.07) is 6.16. The highest BCUT2D eigenvalue weighted by atomic mass is 32.2. The van der Waals surface area contributed by atoms with Gasteiger partial charge in [0.2, 0.25) is 0 Å². The largest absolute Gasteiger partial charge is 0.490 e. The highest BCUT2D eigenvalue weighted by Crippen LogP contribution is 2.36. The molecule has 0 unspecified atom stereocenters. The highest BCUT2D eigenvalue weighted by Gasteiger charge is 2.60. The fraction of sp³-hybridized carbons (Fsp3) is 0.682. The van der Waals surface area contributed by atoms with Crippen LogP contribution in [0.15, 0.2) is 29.2 Å². The van der Waals surface area contributed by atoms with Crippen LogP contribution in [0.4, 0.5) is 31.1 Å². The van der Waals surface area contributed by atoms with E-state index >= 15 is 0 Å². The Labute approximate surface area is 204 Å². The smallest absolute Gasteiger partial charge is 0.434 e. The Morgan fingerprint density at radius 1 is 0.861 bits per heavy atom. The second kappa shape index (κ2) is 11.0. The SMILES string of the molecule is CS(=O)(=O)c1ccc(O[C@H]2CC[C@H](OC3CCN(C(=O)OC(C(F)(F)F)C(F)(F)F)CC3)CC2)cc1. The molecule has 0 atom stereocenters. The van der Waals surface area contributed by atoms with Crippen molar-refractivity contribution in [2.75, 3.05) is 19.3 Å². The number of sulfone groups is 1. The van der Waals surface area contributed by atoms with Gasteiger partial charge in [-0.05, 0) is 62.8 Å². The molecule has 2 fully saturated rings. The lowest BCUT2D eigenvalue weighted by Crippen LogP contribution is -2.50. The number of carbonyl (C=O) groups is 1. The third-order valence-electron chi connectivity index (χ3n) is 6.07. The maximum atomic E-state index is 12.6. The van der Waals surface area contributed by atoms with Crippen molar-refractivity contribution >= 4 is 15.9 Å². The van der Waals surface area contributed by atoms with Crippen molar-refractivity contribution in [3.8, 4) is 5.75 Å². The molecular weight excluding hydrogens is 520 g/mol. The Kier molecular flexibility index (Phi) is 8.69. The Hall–Kier alpha value is -2.22. The fourth-order valence-corrected chi connectivity index (χ4v) is 4.82. The summed E-state index contributed by atoms with van der Waals surface area (Å²) in [7, 11) is -3.29. The quantitative estimate of drug-likeness (QED) is 0.472. The van der Waals surface area contributed by atoms with Crippen LogP contribution in [0.25, 0.3) is 0 Å². The summed E-state index contributed by atoms with van der Waals surface area (Å²) in [5.41, 5.74) is 0. The molecule has 36 heavy (non-hydrogen) atoms. The number of hydrogen-bond acceptors (Lipinski definition) is 6. The number of likely N-dealkylation sites (tertiary alicyclic amines) is 1. The molecule has 1 saturated carbocycles. The average Bonchev–Trinajstić information content (AvgIpc) is 2.77. The van der Waals surface area contributed by atoms with Crippen LogP contribution < -0.4 is 4.74 Å². The molecule has 0 radical (unpaired) electrons. The Bertz CT molecular complexity index is 968. The first-order chi connectivity index (χ1) is 16.6. The van der Waals surface area contributed by atoms with E-state index in [1.807, 2.05) is 0 Å². The summed E-state index contributed by atoms with van der Waals surface area (Å²) in [6.07, 6.45) is -13.3. The van der Waals surface area contributed by atoms with Gasteiger partial charge in [0.05, 0.1) is 23.2 Å². The van der Waals surface area contributed by atoms with Crippen molar-refractivity contribution in [2.45, 2.75) is 80.2 Å². The number of nitrogens with zero attached hydrogens (tertiary/aromatic N) is 1. The highest BCUT2D eigenvalue weighted by molar-refractivity contribution is 7.90. The zero-order valence-electron chi connectivity index (χ0n) is 19.3. The van der Waals surface area contributed by atoms with E-state index < -0.39 is 34.4 Å². The molecule has 1 aliphatic heterocycles. The Morgan fingerprint density at radius 3 is 1.81 bits per heavy atom. The van der Waals surface area contributed by atoms with Gasteiger partial charge in [-0.3, -0.25) is 0 Å². The van der Waals surface area contributed by atoms with Crippen molar-refractivity contribution in [3.63, 3.8) is 0 Å². The number of benzene rings is 1. The summed E-state index contributed by atoms with van der Waals surface area (Å²) in [5.74, 6) is 0.560.